The summed E-state index contributed by atoms with van der Waals surface area (Å²) in [6.45, 7) is 1.30. The number of anilines is 1. The van der Waals surface area contributed by atoms with E-state index < -0.39 is 41.7 Å². The van der Waals surface area contributed by atoms with Crippen LogP contribution in [-0.4, -0.2) is 45.3 Å². The van der Waals surface area contributed by atoms with Crippen LogP contribution in [0.1, 0.15) is 47.3 Å². The van der Waals surface area contributed by atoms with Crippen molar-refractivity contribution < 1.29 is 37.4 Å². The molecule has 1 fully saturated rings. The normalized spacial score (nSPS) is 15.7. The molecule has 1 aromatic heterocycles. The molecule has 1 heterocycles. The van der Waals surface area contributed by atoms with Crippen LogP contribution in [0, 0.1) is 5.82 Å². The molecule has 1 aliphatic rings. The van der Waals surface area contributed by atoms with E-state index in [1.54, 1.807) is 6.92 Å². The molecule has 1 atom stereocenters. The van der Waals surface area contributed by atoms with E-state index in [0.29, 0.717) is 0 Å². The Balaban J connectivity index is 1.68. The lowest BCUT2D eigenvalue weighted by molar-refractivity contribution is -0.163. The molecule has 0 radical (unpaired) electrons. The number of rotatable bonds is 7. The molecule has 0 aliphatic heterocycles. The summed E-state index contributed by atoms with van der Waals surface area (Å²) in [6, 6.07) is 4.57. The van der Waals surface area contributed by atoms with Crippen molar-refractivity contribution in [3.8, 4) is 5.75 Å². The summed E-state index contributed by atoms with van der Waals surface area (Å²) in [6.07, 6.45) is -4.31. The monoisotopic (exact) mass is 455 g/mol. The molecule has 4 N–H and O–H groups in total. The van der Waals surface area contributed by atoms with Gasteiger partial charge < -0.3 is 20.8 Å². The van der Waals surface area contributed by atoms with Crippen LogP contribution in [0.2, 0.25) is 0 Å². The lowest BCUT2D eigenvalue weighted by Crippen LogP contribution is -2.48. The molecule has 172 valence electrons. The number of hydrogen-bond acceptors (Lipinski definition) is 5. The van der Waals surface area contributed by atoms with Crippen LogP contribution < -0.4 is 10.6 Å². The fraction of sp³-hybridized carbons (Fsp3) is 0.381. The molecule has 2 aromatic rings. The van der Waals surface area contributed by atoms with Crippen molar-refractivity contribution in [3.05, 3.63) is 53.1 Å². The third kappa shape index (κ3) is 4.98. The highest BCUT2D eigenvalue weighted by Gasteiger charge is 2.64. The zero-order chi connectivity index (χ0) is 23.7. The van der Waals surface area contributed by atoms with Crippen molar-refractivity contribution in [3.63, 3.8) is 0 Å². The first-order valence-corrected chi connectivity index (χ1v) is 9.73. The van der Waals surface area contributed by atoms with E-state index >= 15 is 0 Å². The van der Waals surface area contributed by atoms with Crippen LogP contribution in [0.15, 0.2) is 30.5 Å². The molecule has 1 aromatic carbocycles. The molecule has 0 bridgehead atoms. The van der Waals surface area contributed by atoms with E-state index in [9.17, 15) is 32.3 Å². The van der Waals surface area contributed by atoms with Crippen LogP contribution in [-0.2, 0) is 11.2 Å². The number of hydrogen-bond donors (Lipinski definition) is 4. The first kappa shape index (κ1) is 23.5. The SMILES string of the molecule is CC(CO)c1cc(F)c(CC(=O)Nc2ccnc(C(=O)NC3(C(F)(F)F)CC3)c2)cc1O. The van der Waals surface area contributed by atoms with Crippen LogP contribution >= 0.6 is 0 Å². The molecule has 0 saturated heterocycles. The number of phenolic OH excluding ortho intramolecular Hbond substituents is 1. The number of nitrogens with one attached hydrogen (secondary N) is 2. The number of alkyl halides is 3. The largest absolute Gasteiger partial charge is 0.508 e. The van der Waals surface area contributed by atoms with Crippen molar-refractivity contribution >= 4 is 17.5 Å². The van der Waals surface area contributed by atoms with E-state index in [4.69, 9.17) is 5.11 Å². The summed E-state index contributed by atoms with van der Waals surface area (Å²) < 4.78 is 53.4. The second kappa shape index (κ2) is 8.73. The minimum Gasteiger partial charge on any atom is -0.508 e. The number of aromatic hydroxyl groups is 1. The zero-order valence-electron chi connectivity index (χ0n) is 17.0. The zero-order valence-corrected chi connectivity index (χ0v) is 17.0. The number of aliphatic hydroxyl groups excluding tert-OH is 1. The third-order valence-corrected chi connectivity index (χ3v) is 5.27. The van der Waals surface area contributed by atoms with Crippen molar-refractivity contribution in [1.82, 2.24) is 10.3 Å². The Kier molecular flexibility index (Phi) is 6.40. The number of halogens is 4. The second-order valence-corrected chi connectivity index (χ2v) is 7.77. The van der Waals surface area contributed by atoms with E-state index in [1.807, 2.05) is 5.32 Å². The van der Waals surface area contributed by atoms with Gasteiger partial charge >= 0.3 is 6.18 Å². The van der Waals surface area contributed by atoms with Gasteiger partial charge in [0.15, 0.2) is 0 Å². The van der Waals surface area contributed by atoms with Crippen LogP contribution in [0.25, 0.3) is 0 Å². The van der Waals surface area contributed by atoms with Gasteiger partial charge in [0.1, 0.15) is 22.8 Å². The Morgan fingerprint density at radius 1 is 1.25 bits per heavy atom. The summed E-state index contributed by atoms with van der Waals surface area (Å²) in [5.41, 5.74) is -2.37. The maximum atomic E-state index is 14.3. The van der Waals surface area contributed by atoms with Gasteiger partial charge in [-0.1, -0.05) is 6.92 Å². The second-order valence-electron chi connectivity index (χ2n) is 7.77. The summed E-state index contributed by atoms with van der Waals surface area (Å²) in [5, 5.41) is 23.6. The van der Waals surface area contributed by atoms with Gasteiger partial charge in [-0.05, 0) is 37.1 Å². The Morgan fingerprint density at radius 2 is 1.94 bits per heavy atom. The van der Waals surface area contributed by atoms with E-state index in [2.05, 4.69) is 10.3 Å². The van der Waals surface area contributed by atoms with Crippen molar-refractivity contribution in [2.24, 2.45) is 0 Å². The number of aromatic nitrogens is 1. The number of carbonyl (C=O) groups is 2. The molecular weight excluding hydrogens is 434 g/mol. The molecule has 32 heavy (non-hydrogen) atoms. The first-order chi connectivity index (χ1) is 15.0. The van der Waals surface area contributed by atoms with E-state index in [0.717, 1.165) is 24.4 Å². The van der Waals surface area contributed by atoms with E-state index in [1.165, 1.54) is 6.07 Å². The highest BCUT2D eigenvalue weighted by atomic mass is 19.4. The number of nitrogens with zero attached hydrogens (tertiary/aromatic N) is 1. The van der Waals surface area contributed by atoms with Gasteiger partial charge in [-0.25, -0.2) is 4.39 Å². The third-order valence-electron chi connectivity index (χ3n) is 5.27. The molecule has 7 nitrogen and oxygen atoms in total. The molecule has 1 aliphatic carbocycles. The highest BCUT2D eigenvalue weighted by Crippen LogP contribution is 2.49. The standard InChI is InChI=1S/C21H21F4N3O4/c1-11(10-29)14-9-15(22)12(6-17(14)30)7-18(31)27-13-2-5-26-16(8-13)19(32)28-20(3-4-20)21(23,24)25/h2,5-6,8-9,11,29-30H,3-4,7,10H2,1H3,(H,28,32)(H,26,27,31). The number of benzene rings is 1. The molecule has 11 heteroatoms. The van der Waals surface area contributed by atoms with Crippen LogP contribution in [0.5, 0.6) is 5.75 Å². The molecule has 2 amide bonds. The number of pyridine rings is 1. The fourth-order valence-electron chi connectivity index (χ4n) is 3.15. The Labute approximate surface area is 180 Å². The number of carbonyl (C=O) groups excluding carboxylic acids is 2. The molecule has 1 unspecified atom stereocenters. The van der Waals surface area contributed by atoms with Gasteiger partial charge in [0.25, 0.3) is 5.91 Å². The Morgan fingerprint density at radius 3 is 2.53 bits per heavy atom. The first-order valence-electron chi connectivity index (χ1n) is 9.73. The van der Waals surface area contributed by atoms with Gasteiger partial charge in [-0.2, -0.15) is 13.2 Å². The average molecular weight is 455 g/mol. The highest BCUT2D eigenvalue weighted by molar-refractivity contribution is 5.96. The van der Waals surface area contributed by atoms with Crippen molar-refractivity contribution in [2.75, 3.05) is 11.9 Å². The lowest BCUT2D eigenvalue weighted by atomic mass is 9.98. The van der Waals surface area contributed by atoms with Gasteiger partial charge in [0, 0.05) is 35.5 Å². The number of aliphatic hydroxyl groups is 1. The maximum absolute atomic E-state index is 14.3. The fourth-order valence-corrected chi connectivity index (χ4v) is 3.15. The quantitative estimate of drug-likeness (QED) is 0.480. The predicted molar refractivity (Wildman–Crippen MR) is 106 cm³/mol. The number of phenols is 1. The van der Waals surface area contributed by atoms with Gasteiger partial charge in [-0.15, -0.1) is 0 Å². The minimum atomic E-state index is -4.57. The Hall–Kier alpha value is -3.21. The van der Waals surface area contributed by atoms with Gasteiger partial charge in [0.05, 0.1) is 6.42 Å². The maximum Gasteiger partial charge on any atom is 0.411 e. The molecular formula is C21H21F4N3O4. The van der Waals surface area contributed by atoms with Gasteiger partial charge in [-0.3, -0.25) is 14.6 Å². The average Bonchev–Trinajstić information content (AvgIpc) is 3.51. The summed E-state index contributed by atoms with van der Waals surface area (Å²) in [4.78, 5) is 28.2. The van der Waals surface area contributed by atoms with Gasteiger partial charge in [0.2, 0.25) is 5.91 Å². The topological polar surface area (TPSA) is 112 Å². The lowest BCUT2D eigenvalue weighted by Gasteiger charge is -2.20. The summed E-state index contributed by atoms with van der Waals surface area (Å²) >= 11 is 0. The molecule has 0 spiro atoms. The van der Waals surface area contributed by atoms with Crippen LogP contribution in [0.3, 0.4) is 0 Å². The molecule has 3 rings (SSSR count). The smallest absolute Gasteiger partial charge is 0.411 e. The van der Waals surface area contributed by atoms with Crippen molar-refractivity contribution in [2.45, 2.75) is 43.8 Å². The molecule has 1 saturated carbocycles. The summed E-state index contributed by atoms with van der Waals surface area (Å²) in [5.74, 6) is -3.22. The number of amides is 2. The van der Waals surface area contributed by atoms with Crippen LogP contribution in [0.4, 0.5) is 23.2 Å². The predicted octanol–water partition coefficient (Wildman–Crippen LogP) is 3.03. The van der Waals surface area contributed by atoms with E-state index in [-0.39, 0.29) is 47.7 Å². The van der Waals surface area contributed by atoms with Crippen molar-refractivity contribution in [1.29, 1.82) is 0 Å². The minimum absolute atomic E-state index is 0.0853. The Bertz CT molecular complexity index is 1040. The summed E-state index contributed by atoms with van der Waals surface area (Å²) in [7, 11) is 0.